The maximum Gasteiger partial charge on any atom is 0.258 e. The van der Waals surface area contributed by atoms with Crippen LogP contribution in [0.15, 0.2) is 97.5 Å². The molecule has 36 heavy (non-hydrogen) atoms. The second kappa shape index (κ2) is 9.11. The number of aromatic nitrogens is 2. The van der Waals surface area contributed by atoms with E-state index in [-0.39, 0.29) is 11.7 Å². The highest BCUT2D eigenvalue weighted by atomic mass is 19.1. The van der Waals surface area contributed by atoms with Crippen LogP contribution in [0.2, 0.25) is 0 Å². The Kier molecular flexibility index (Phi) is 5.50. The third-order valence-corrected chi connectivity index (χ3v) is 6.20. The number of rotatable bonds is 5. The summed E-state index contributed by atoms with van der Waals surface area (Å²) in [6.07, 6.45) is 5.74. The number of ether oxygens (including phenoxy) is 1. The van der Waals surface area contributed by atoms with Gasteiger partial charge in [0.25, 0.3) is 5.91 Å². The summed E-state index contributed by atoms with van der Waals surface area (Å²) in [6.45, 7) is 0.566. The first-order chi connectivity index (χ1) is 17.7. The molecule has 0 fully saturated rings. The Morgan fingerprint density at radius 3 is 2.69 bits per heavy atom. The molecule has 0 radical (unpaired) electrons. The third-order valence-electron chi connectivity index (χ3n) is 6.20. The van der Waals surface area contributed by atoms with E-state index in [0.29, 0.717) is 40.9 Å². The average Bonchev–Trinajstić information content (AvgIpc) is 3.35. The van der Waals surface area contributed by atoms with Crippen LogP contribution in [0.1, 0.15) is 15.9 Å². The smallest absolute Gasteiger partial charge is 0.258 e. The number of carbonyl (C=O) groups is 1. The van der Waals surface area contributed by atoms with Gasteiger partial charge in [0.05, 0.1) is 11.2 Å². The molecule has 176 valence electrons. The first-order valence-electron chi connectivity index (χ1n) is 11.6. The van der Waals surface area contributed by atoms with Crippen molar-refractivity contribution in [2.45, 2.75) is 6.42 Å². The number of fused-ring (bicyclic) bond motifs is 2. The molecule has 2 aromatic heterocycles. The molecule has 5 aromatic rings. The molecule has 0 bridgehead atoms. The van der Waals surface area contributed by atoms with Gasteiger partial charge in [0.1, 0.15) is 17.3 Å². The van der Waals surface area contributed by atoms with Gasteiger partial charge in [0.15, 0.2) is 0 Å². The molecule has 0 spiro atoms. The quantitative estimate of drug-likeness (QED) is 0.313. The summed E-state index contributed by atoms with van der Waals surface area (Å²) in [7, 11) is 0. The number of halogens is 1. The molecule has 1 N–H and O–H groups in total. The van der Waals surface area contributed by atoms with Crippen molar-refractivity contribution in [1.29, 1.82) is 0 Å². The molecule has 0 atom stereocenters. The Labute approximate surface area is 207 Å². The number of nitrogens with zero attached hydrogens (tertiary/aromatic N) is 3. The third kappa shape index (κ3) is 4.11. The predicted molar refractivity (Wildman–Crippen MR) is 138 cm³/mol. The van der Waals surface area contributed by atoms with Crippen molar-refractivity contribution >= 4 is 33.9 Å². The van der Waals surface area contributed by atoms with Crippen LogP contribution in [0.25, 0.3) is 10.9 Å². The summed E-state index contributed by atoms with van der Waals surface area (Å²) in [5.74, 6) is 1.01. The minimum Gasteiger partial charge on any atom is -0.457 e. The Balaban J connectivity index is 1.27. The van der Waals surface area contributed by atoms with Gasteiger partial charge < -0.3 is 15.0 Å². The van der Waals surface area contributed by atoms with Gasteiger partial charge in [0, 0.05) is 53.0 Å². The van der Waals surface area contributed by atoms with Crippen LogP contribution in [-0.2, 0) is 6.42 Å². The van der Waals surface area contributed by atoms with E-state index in [0.717, 1.165) is 22.7 Å². The lowest BCUT2D eigenvalue weighted by Gasteiger charge is -2.19. The highest BCUT2D eigenvalue weighted by molar-refractivity contribution is 6.08. The standard InChI is InChI=1S/C29H21FN4O2/c30-20-7-8-25-24(18-20)26(11-15-32-25)33-21-4-1-3-19(17-21)29(35)34-16-12-23-27(34)5-2-6-28(23)36-22-9-13-31-14-10-22/h1-11,13-15,17-18H,12,16H2,(H,32,33). The van der Waals surface area contributed by atoms with E-state index in [1.807, 2.05) is 36.4 Å². The Morgan fingerprint density at radius 2 is 1.81 bits per heavy atom. The second-order valence-electron chi connectivity index (χ2n) is 8.47. The lowest BCUT2D eigenvalue weighted by molar-refractivity contribution is 0.0989. The van der Waals surface area contributed by atoms with Gasteiger partial charge in [0.2, 0.25) is 0 Å². The van der Waals surface area contributed by atoms with E-state index >= 15 is 0 Å². The molecular formula is C29H21FN4O2. The summed E-state index contributed by atoms with van der Waals surface area (Å²) in [4.78, 5) is 23.6. The van der Waals surface area contributed by atoms with Crippen LogP contribution in [0, 0.1) is 5.82 Å². The Hall–Kier alpha value is -4.78. The largest absolute Gasteiger partial charge is 0.457 e. The first-order valence-corrected chi connectivity index (χ1v) is 11.6. The van der Waals surface area contributed by atoms with Gasteiger partial charge >= 0.3 is 0 Å². The zero-order valence-corrected chi connectivity index (χ0v) is 19.2. The van der Waals surface area contributed by atoms with E-state index in [1.165, 1.54) is 12.1 Å². The summed E-state index contributed by atoms with van der Waals surface area (Å²) in [5.41, 5.74) is 4.54. The molecule has 0 unspecified atom stereocenters. The molecule has 3 aromatic carbocycles. The first kappa shape index (κ1) is 21.7. The second-order valence-corrected chi connectivity index (χ2v) is 8.47. The van der Waals surface area contributed by atoms with Crippen molar-refractivity contribution in [3.63, 3.8) is 0 Å². The Bertz CT molecular complexity index is 1590. The maximum atomic E-state index is 13.9. The molecule has 0 aliphatic carbocycles. The minimum atomic E-state index is -0.331. The number of benzene rings is 3. The molecule has 7 heteroatoms. The van der Waals surface area contributed by atoms with Gasteiger partial charge in [-0.15, -0.1) is 0 Å². The van der Waals surface area contributed by atoms with Gasteiger partial charge in [-0.25, -0.2) is 4.39 Å². The topological polar surface area (TPSA) is 67.4 Å². The molecule has 6 rings (SSSR count). The number of amides is 1. The number of pyridine rings is 2. The van der Waals surface area contributed by atoms with Gasteiger partial charge in [-0.3, -0.25) is 14.8 Å². The molecule has 0 saturated carbocycles. The van der Waals surface area contributed by atoms with Gasteiger partial charge in [-0.2, -0.15) is 0 Å². The molecule has 0 saturated heterocycles. The molecule has 1 aliphatic heterocycles. The van der Waals surface area contributed by atoms with E-state index in [9.17, 15) is 9.18 Å². The van der Waals surface area contributed by atoms with E-state index in [2.05, 4.69) is 15.3 Å². The fourth-order valence-electron chi connectivity index (χ4n) is 4.51. The van der Waals surface area contributed by atoms with Crippen molar-refractivity contribution in [3.05, 3.63) is 114 Å². The van der Waals surface area contributed by atoms with E-state index in [1.54, 1.807) is 53.8 Å². The summed E-state index contributed by atoms with van der Waals surface area (Å²) in [5, 5.41) is 3.98. The van der Waals surface area contributed by atoms with Gasteiger partial charge in [-0.1, -0.05) is 12.1 Å². The fourth-order valence-corrected chi connectivity index (χ4v) is 4.51. The zero-order chi connectivity index (χ0) is 24.5. The van der Waals surface area contributed by atoms with Crippen molar-refractivity contribution < 1.29 is 13.9 Å². The van der Waals surface area contributed by atoms with Crippen LogP contribution in [0.4, 0.5) is 21.5 Å². The van der Waals surface area contributed by atoms with Crippen LogP contribution in [0.3, 0.4) is 0 Å². The number of nitrogens with one attached hydrogen (secondary N) is 1. The zero-order valence-electron chi connectivity index (χ0n) is 19.2. The normalized spacial score (nSPS) is 12.4. The van der Waals surface area contributed by atoms with Gasteiger partial charge in [-0.05, 0) is 73.2 Å². The van der Waals surface area contributed by atoms with Crippen molar-refractivity contribution in [2.24, 2.45) is 0 Å². The number of anilines is 3. The average molecular weight is 477 g/mol. The molecule has 1 amide bonds. The summed E-state index contributed by atoms with van der Waals surface area (Å²) in [6, 6.07) is 22.9. The number of hydrogen-bond acceptors (Lipinski definition) is 5. The van der Waals surface area contributed by atoms with Crippen molar-refractivity contribution in [3.8, 4) is 11.5 Å². The lowest BCUT2D eigenvalue weighted by Crippen LogP contribution is -2.28. The molecular weight excluding hydrogens is 455 g/mol. The van der Waals surface area contributed by atoms with E-state index < -0.39 is 0 Å². The number of carbonyl (C=O) groups excluding carboxylic acids is 1. The molecule has 3 heterocycles. The monoisotopic (exact) mass is 476 g/mol. The number of hydrogen-bond donors (Lipinski definition) is 1. The highest BCUT2D eigenvalue weighted by Gasteiger charge is 2.28. The highest BCUT2D eigenvalue weighted by Crippen LogP contribution is 2.38. The lowest BCUT2D eigenvalue weighted by atomic mass is 10.1. The summed E-state index contributed by atoms with van der Waals surface area (Å²) >= 11 is 0. The van der Waals surface area contributed by atoms with Crippen LogP contribution in [-0.4, -0.2) is 22.4 Å². The summed E-state index contributed by atoms with van der Waals surface area (Å²) < 4.78 is 19.9. The predicted octanol–water partition coefficient (Wildman–Crippen LogP) is 6.51. The van der Waals surface area contributed by atoms with Crippen LogP contribution in [0.5, 0.6) is 11.5 Å². The minimum absolute atomic E-state index is 0.0934. The molecule has 1 aliphatic rings. The SMILES string of the molecule is O=C(c1cccc(Nc2ccnc3ccc(F)cc23)c1)N1CCc2c(Oc3ccncc3)cccc21. The molecule has 6 nitrogen and oxygen atoms in total. The Morgan fingerprint density at radius 1 is 0.944 bits per heavy atom. The fraction of sp³-hybridized carbons (Fsp3) is 0.0690. The van der Waals surface area contributed by atoms with Crippen LogP contribution >= 0.6 is 0 Å². The van der Waals surface area contributed by atoms with Crippen molar-refractivity contribution in [2.75, 3.05) is 16.8 Å². The van der Waals surface area contributed by atoms with E-state index in [4.69, 9.17) is 4.74 Å². The maximum absolute atomic E-state index is 13.9. The van der Waals surface area contributed by atoms with Crippen LogP contribution < -0.4 is 15.0 Å². The van der Waals surface area contributed by atoms with Crippen molar-refractivity contribution in [1.82, 2.24) is 9.97 Å².